The number of carbonyl (C=O) groups is 1. The minimum absolute atomic E-state index is 0.228. The highest BCUT2D eigenvalue weighted by Gasteiger charge is 2.28. The molecule has 0 unspecified atom stereocenters. The lowest BCUT2D eigenvalue weighted by molar-refractivity contribution is 0.102. The molecule has 2 aliphatic rings. The fraction of sp³-hybridized carbons (Fsp3) is 0.423. The second kappa shape index (κ2) is 9.02. The molecule has 6 rings (SSSR count). The number of fused-ring (bicyclic) bond motifs is 2. The summed E-state index contributed by atoms with van der Waals surface area (Å²) in [5, 5.41) is 7.51. The molecule has 2 fully saturated rings. The summed E-state index contributed by atoms with van der Waals surface area (Å²) in [6.45, 7) is 5.73. The number of hydrogen-bond acceptors (Lipinski definition) is 8. The summed E-state index contributed by atoms with van der Waals surface area (Å²) in [5.74, 6) is 0.171. The molecule has 0 spiro atoms. The first-order chi connectivity index (χ1) is 17.5. The van der Waals surface area contributed by atoms with Crippen molar-refractivity contribution in [2.45, 2.75) is 51.6 Å². The van der Waals surface area contributed by atoms with Crippen LogP contribution in [0.15, 0.2) is 30.7 Å². The van der Waals surface area contributed by atoms with Crippen LogP contribution in [-0.4, -0.2) is 62.5 Å². The molecule has 10 heteroatoms. The maximum Gasteiger partial charge on any atom is 0.316 e. The third kappa shape index (κ3) is 4.32. The monoisotopic (exact) mass is 486 g/mol. The van der Waals surface area contributed by atoms with E-state index in [-0.39, 0.29) is 11.9 Å². The Balaban J connectivity index is 1.30. The molecule has 1 saturated carbocycles. The Morgan fingerprint density at radius 3 is 2.56 bits per heavy atom. The Bertz CT molecular complexity index is 1450. The van der Waals surface area contributed by atoms with Gasteiger partial charge >= 0.3 is 6.01 Å². The van der Waals surface area contributed by atoms with E-state index in [9.17, 15) is 4.79 Å². The molecule has 1 aliphatic carbocycles. The van der Waals surface area contributed by atoms with Crippen LogP contribution in [0.5, 0.6) is 6.01 Å². The van der Waals surface area contributed by atoms with Crippen molar-refractivity contribution in [3.8, 4) is 6.01 Å². The van der Waals surface area contributed by atoms with Crippen LogP contribution in [0.3, 0.4) is 0 Å². The van der Waals surface area contributed by atoms with E-state index in [2.05, 4.69) is 35.5 Å². The Hall–Kier alpha value is -3.79. The number of methoxy groups -OCH3 is 1. The molecule has 0 radical (unpaired) electrons. The molecule has 10 nitrogen and oxygen atoms in total. The number of imidazole rings is 1. The number of piperidine rings is 1. The number of benzene rings is 1. The van der Waals surface area contributed by atoms with Crippen LogP contribution in [0, 0.1) is 13.8 Å². The van der Waals surface area contributed by atoms with Crippen molar-refractivity contribution in [2.75, 3.05) is 30.4 Å². The highest BCUT2D eigenvalue weighted by atomic mass is 16.5. The summed E-state index contributed by atoms with van der Waals surface area (Å²) >= 11 is 0. The average Bonchev–Trinajstić information content (AvgIpc) is 3.60. The number of aromatic nitrogens is 5. The van der Waals surface area contributed by atoms with Crippen LogP contribution < -0.4 is 20.3 Å². The fourth-order valence-electron chi connectivity index (χ4n) is 5.07. The van der Waals surface area contributed by atoms with Crippen LogP contribution in [0.25, 0.3) is 16.6 Å². The van der Waals surface area contributed by atoms with Gasteiger partial charge in [0.1, 0.15) is 0 Å². The first-order valence-electron chi connectivity index (χ1n) is 12.5. The average molecular weight is 487 g/mol. The number of carbonyl (C=O) groups excluding carboxylic acids is 1. The lowest BCUT2D eigenvalue weighted by atomic mass is 10.0. The van der Waals surface area contributed by atoms with E-state index in [0.29, 0.717) is 28.6 Å². The van der Waals surface area contributed by atoms with Gasteiger partial charge in [0.2, 0.25) is 0 Å². The predicted octanol–water partition coefficient (Wildman–Crippen LogP) is 3.27. The van der Waals surface area contributed by atoms with Crippen LogP contribution in [0.1, 0.15) is 47.4 Å². The molecule has 3 aromatic heterocycles. The number of anilines is 2. The molecule has 0 atom stereocenters. The van der Waals surface area contributed by atoms with Gasteiger partial charge < -0.3 is 24.7 Å². The molecule has 1 aliphatic heterocycles. The van der Waals surface area contributed by atoms with Crippen molar-refractivity contribution in [1.29, 1.82) is 0 Å². The number of rotatable bonds is 6. The SMILES string of the molecule is COc1ncc2c(N3CCC(NC4CC4)CC3)ccc(C(=O)Nc3cn4cc(C)nc(C)c4n3)c2n1. The molecule has 186 valence electrons. The Labute approximate surface area is 209 Å². The first kappa shape index (κ1) is 22.7. The molecule has 0 bridgehead atoms. The minimum Gasteiger partial charge on any atom is -0.467 e. The predicted molar refractivity (Wildman–Crippen MR) is 138 cm³/mol. The van der Waals surface area contributed by atoms with Crippen LogP contribution in [0.2, 0.25) is 0 Å². The summed E-state index contributed by atoms with van der Waals surface area (Å²) in [5.41, 5.74) is 4.45. The molecule has 1 saturated heterocycles. The Morgan fingerprint density at radius 1 is 1.03 bits per heavy atom. The maximum atomic E-state index is 13.4. The number of nitrogens with zero attached hydrogens (tertiary/aromatic N) is 6. The summed E-state index contributed by atoms with van der Waals surface area (Å²) in [6, 6.07) is 5.36. The lowest BCUT2D eigenvalue weighted by Crippen LogP contribution is -2.43. The Morgan fingerprint density at radius 2 is 1.81 bits per heavy atom. The number of ether oxygens (including phenoxy) is 1. The second-order valence-electron chi connectivity index (χ2n) is 9.73. The highest BCUT2D eigenvalue weighted by molar-refractivity contribution is 6.13. The quantitative estimate of drug-likeness (QED) is 0.427. The van der Waals surface area contributed by atoms with Gasteiger partial charge in [-0.05, 0) is 51.7 Å². The van der Waals surface area contributed by atoms with E-state index >= 15 is 0 Å². The molecule has 4 aromatic rings. The van der Waals surface area contributed by atoms with Gasteiger partial charge in [-0.15, -0.1) is 0 Å². The van der Waals surface area contributed by atoms with E-state index in [1.165, 1.54) is 20.0 Å². The van der Waals surface area contributed by atoms with Crippen LogP contribution >= 0.6 is 0 Å². The highest BCUT2D eigenvalue weighted by Crippen LogP contribution is 2.32. The van der Waals surface area contributed by atoms with Gasteiger partial charge in [-0.3, -0.25) is 9.78 Å². The first-order valence-corrected chi connectivity index (χ1v) is 12.5. The second-order valence-corrected chi connectivity index (χ2v) is 9.73. The zero-order valence-corrected chi connectivity index (χ0v) is 20.8. The van der Waals surface area contributed by atoms with Gasteiger partial charge in [-0.1, -0.05) is 0 Å². The fourth-order valence-corrected chi connectivity index (χ4v) is 5.07. The smallest absolute Gasteiger partial charge is 0.316 e. The van der Waals surface area contributed by atoms with Gasteiger partial charge in [-0.2, -0.15) is 4.98 Å². The van der Waals surface area contributed by atoms with Crippen molar-refractivity contribution in [3.63, 3.8) is 0 Å². The van der Waals surface area contributed by atoms with Crippen molar-refractivity contribution in [2.24, 2.45) is 0 Å². The number of hydrogen-bond donors (Lipinski definition) is 2. The van der Waals surface area contributed by atoms with E-state index in [1.54, 1.807) is 12.4 Å². The molecule has 1 aromatic carbocycles. The zero-order chi connectivity index (χ0) is 24.8. The van der Waals surface area contributed by atoms with Crippen molar-refractivity contribution >= 4 is 34.0 Å². The molecule has 36 heavy (non-hydrogen) atoms. The van der Waals surface area contributed by atoms with Gasteiger partial charge in [0.05, 0.1) is 35.8 Å². The largest absolute Gasteiger partial charge is 0.467 e. The number of amides is 1. The molecule has 1 amide bonds. The lowest BCUT2D eigenvalue weighted by Gasteiger charge is -2.34. The van der Waals surface area contributed by atoms with Crippen LogP contribution in [-0.2, 0) is 0 Å². The third-order valence-electron chi connectivity index (χ3n) is 6.98. The van der Waals surface area contributed by atoms with Crippen molar-refractivity contribution in [1.82, 2.24) is 29.7 Å². The van der Waals surface area contributed by atoms with Crippen molar-refractivity contribution < 1.29 is 9.53 Å². The normalized spacial score (nSPS) is 16.6. The standard InChI is InChI=1S/C26H30N8O2/c1-15-13-34-14-22(30-24(34)16(2)28-15)31-25(35)19-6-7-21(20-12-27-26(36-3)32-23(19)20)33-10-8-18(9-11-33)29-17-4-5-17/h6-7,12-14,17-18,29H,4-5,8-11H2,1-3H3,(H,31,35). The molecular weight excluding hydrogens is 456 g/mol. The van der Waals surface area contributed by atoms with E-state index in [4.69, 9.17) is 4.74 Å². The number of nitrogens with one attached hydrogen (secondary N) is 2. The maximum absolute atomic E-state index is 13.4. The summed E-state index contributed by atoms with van der Waals surface area (Å²) < 4.78 is 7.16. The van der Waals surface area contributed by atoms with Gasteiger partial charge in [0, 0.05) is 48.6 Å². The van der Waals surface area contributed by atoms with Crippen LogP contribution in [0.4, 0.5) is 11.5 Å². The summed E-state index contributed by atoms with van der Waals surface area (Å²) in [7, 11) is 1.53. The Kier molecular flexibility index (Phi) is 5.67. The van der Waals surface area contributed by atoms with Gasteiger partial charge in [0.15, 0.2) is 11.5 Å². The third-order valence-corrected chi connectivity index (χ3v) is 6.98. The van der Waals surface area contributed by atoms with E-state index in [1.807, 2.05) is 36.6 Å². The van der Waals surface area contributed by atoms with Gasteiger partial charge in [-0.25, -0.2) is 9.97 Å². The summed E-state index contributed by atoms with van der Waals surface area (Å²) in [6.07, 6.45) is 10.2. The minimum atomic E-state index is -0.287. The van der Waals surface area contributed by atoms with Gasteiger partial charge in [0.25, 0.3) is 5.91 Å². The molecule has 4 heterocycles. The zero-order valence-electron chi connectivity index (χ0n) is 20.8. The van der Waals surface area contributed by atoms with E-state index < -0.39 is 0 Å². The molecular formula is C26H30N8O2. The van der Waals surface area contributed by atoms with Crippen molar-refractivity contribution in [3.05, 3.63) is 47.7 Å². The van der Waals surface area contributed by atoms with E-state index in [0.717, 1.165) is 54.4 Å². The number of aryl methyl sites for hydroxylation is 2. The molecule has 2 N–H and O–H groups in total. The topological polar surface area (TPSA) is 110 Å². The summed E-state index contributed by atoms with van der Waals surface area (Å²) in [4.78, 5) is 33.7.